The maximum Gasteiger partial charge on any atom is 0.395 e. The first-order chi connectivity index (χ1) is 5.75. The highest BCUT2D eigenvalue weighted by Gasteiger charge is 2.61. The highest BCUT2D eigenvalue weighted by molar-refractivity contribution is 14.1. The highest BCUT2D eigenvalue weighted by atomic mass is 127. The molecule has 0 amide bonds. The Balaban J connectivity index is 5.30. The smallest absolute Gasteiger partial charge is 0.170 e. The molecule has 0 saturated carbocycles. The maximum atomic E-state index is 12.9. The molecule has 0 saturated heterocycles. The average molecular weight is 322 g/mol. The molecule has 0 aliphatic heterocycles. The van der Waals surface area contributed by atoms with E-state index in [1.54, 1.807) is 6.92 Å². The molecule has 0 aliphatic carbocycles. The van der Waals surface area contributed by atoms with Crippen LogP contribution in [0, 0.1) is 10.8 Å². The second-order valence-electron chi connectivity index (χ2n) is 5.38. The van der Waals surface area contributed by atoms with Crippen molar-refractivity contribution >= 4 is 22.6 Å². The minimum Gasteiger partial charge on any atom is -0.170 e. The third-order valence-corrected chi connectivity index (χ3v) is 6.26. The first kappa shape index (κ1) is 14.5. The van der Waals surface area contributed by atoms with Crippen molar-refractivity contribution in [1.29, 1.82) is 0 Å². The van der Waals surface area contributed by atoms with Crippen molar-refractivity contribution in [1.82, 2.24) is 0 Å². The number of hydrogen-bond donors (Lipinski definition) is 0. The molecular formula is C10H18F3I. The van der Waals surface area contributed by atoms with Gasteiger partial charge in [0.1, 0.15) is 0 Å². The SMILES string of the molecule is CC(C)(C)C(C)(I)C(C)(C)C(F)(F)F. The summed E-state index contributed by atoms with van der Waals surface area (Å²) in [6, 6.07) is 0. The molecular weight excluding hydrogens is 304 g/mol. The highest BCUT2D eigenvalue weighted by Crippen LogP contribution is 2.57. The monoisotopic (exact) mass is 322 g/mol. The molecule has 0 radical (unpaired) electrons. The van der Waals surface area contributed by atoms with Gasteiger partial charge in [-0.05, 0) is 26.2 Å². The molecule has 0 nitrogen and oxygen atoms in total. The lowest BCUT2D eigenvalue weighted by molar-refractivity contribution is -0.227. The maximum absolute atomic E-state index is 12.9. The van der Waals surface area contributed by atoms with Gasteiger partial charge in [-0.3, -0.25) is 0 Å². The van der Waals surface area contributed by atoms with Gasteiger partial charge in [0.15, 0.2) is 0 Å². The third kappa shape index (κ3) is 2.19. The van der Waals surface area contributed by atoms with Gasteiger partial charge in [-0.1, -0.05) is 43.4 Å². The van der Waals surface area contributed by atoms with Crippen molar-refractivity contribution in [3.8, 4) is 0 Å². The minimum atomic E-state index is -4.17. The number of hydrogen-bond acceptors (Lipinski definition) is 0. The van der Waals surface area contributed by atoms with Gasteiger partial charge < -0.3 is 0 Å². The topological polar surface area (TPSA) is 0 Å². The summed E-state index contributed by atoms with van der Waals surface area (Å²) in [6.07, 6.45) is -4.17. The van der Waals surface area contributed by atoms with E-state index >= 15 is 0 Å². The van der Waals surface area contributed by atoms with Gasteiger partial charge in [-0.15, -0.1) is 0 Å². The molecule has 0 N–H and O–H groups in total. The van der Waals surface area contributed by atoms with E-state index in [0.29, 0.717) is 0 Å². The van der Waals surface area contributed by atoms with Crippen LogP contribution in [0.15, 0.2) is 0 Å². The molecule has 0 spiro atoms. The van der Waals surface area contributed by atoms with Crippen LogP contribution in [0.3, 0.4) is 0 Å². The summed E-state index contributed by atoms with van der Waals surface area (Å²) < 4.78 is 37.7. The fourth-order valence-electron chi connectivity index (χ4n) is 1.20. The fourth-order valence-corrected chi connectivity index (χ4v) is 1.51. The van der Waals surface area contributed by atoms with Gasteiger partial charge in [-0.25, -0.2) is 0 Å². The quantitative estimate of drug-likeness (QED) is 0.480. The number of halogens is 4. The minimum absolute atomic E-state index is 0.396. The average Bonchev–Trinajstić information content (AvgIpc) is 1.81. The molecule has 0 fully saturated rings. The van der Waals surface area contributed by atoms with Crippen molar-refractivity contribution in [2.75, 3.05) is 0 Å². The van der Waals surface area contributed by atoms with E-state index in [1.807, 2.05) is 43.4 Å². The Morgan fingerprint density at radius 1 is 0.786 bits per heavy atom. The van der Waals surface area contributed by atoms with Crippen LogP contribution in [0.2, 0.25) is 0 Å². The van der Waals surface area contributed by atoms with Gasteiger partial charge in [0.25, 0.3) is 0 Å². The predicted octanol–water partition coefficient (Wildman–Crippen LogP) is 4.81. The second-order valence-corrected chi connectivity index (χ2v) is 7.53. The van der Waals surface area contributed by atoms with Crippen molar-refractivity contribution in [2.24, 2.45) is 10.8 Å². The molecule has 14 heavy (non-hydrogen) atoms. The zero-order chi connectivity index (χ0) is 12.0. The molecule has 86 valence electrons. The number of alkyl halides is 4. The Morgan fingerprint density at radius 3 is 1.14 bits per heavy atom. The zero-order valence-corrected chi connectivity index (χ0v) is 11.7. The van der Waals surface area contributed by atoms with Crippen LogP contribution in [0.25, 0.3) is 0 Å². The van der Waals surface area contributed by atoms with Crippen molar-refractivity contribution in [3.05, 3.63) is 0 Å². The lowest BCUT2D eigenvalue weighted by atomic mass is 9.66. The normalized spacial score (nSPS) is 19.3. The van der Waals surface area contributed by atoms with E-state index in [4.69, 9.17) is 0 Å². The molecule has 1 atom stereocenters. The van der Waals surface area contributed by atoms with Gasteiger partial charge in [0.05, 0.1) is 5.41 Å². The van der Waals surface area contributed by atoms with E-state index in [1.165, 1.54) is 13.8 Å². The standard InChI is InChI=1S/C10H18F3I/c1-7(2,3)9(6,14)8(4,5)10(11,12)13/h1-6H3. The predicted molar refractivity (Wildman–Crippen MR) is 61.7 cm³/mol. The third-order valence-electron chi connectivity index (χ3n) is 3.29. The lowest BCUT2D eigenvalue weighted by Gasteiger charge is -2.49. The van der Waals surface area contributed by atoms with Crippen LogP contribution >= 0.6 is 22.6 Å². The Morgan fingerprint density at radius 2 is 1.07 bits per heavy atom. The van der Waals surface area contributed by atoms with Crippen molar-refractivity contribution in [2.45, 2.75) is 51.1 Å². The van der Waals surface area contributed by atoms with Crippen LogP contribution in [0.4, 0.5) is 13.2 Å². The first-order valence-electron chi connectivity index (χ1n) is 4.51. The summed E-state index contributed by atoms with van der Waals surface area (Å²) in [4.78, 5) is 0. The fraction of sp³-hybridized carbons (Fsp3) is 1.00. The summed E-state index contributed by atoms with van der Waals surface area (Å²) in [5, 5.41) is 0. The first-order valence-corrected chi connectivity index (χ1v) is 5.58. The van der Waals surface area contributed by atoms with Crippen LogP contribution in [0.5, 0.6) is 0 Å². The van der Waals surface area contributed by atoms with Crippen LogP contribution in [0.1, 0.15) is 41.5 Å². The van der Waals surface area contributed by atoms with E-state index < -0.39 is 20.4 Å². The Labute approximate surface area is 97.8 Å². The molecule has 0 bridgehead atoms. The molecule has 0 heterocycles. The summed E-state index contributed by atoms with van der Waals surface area (Å²) in [6.45, 7) is 9.73. The van der Waals surface area contributed by atoms with E-state index in [0.717, 1.165) is 0 Å². The summed E-state index contributed by atoms with van der Waals surface area (Å²) >= 11 is 1.93. The summed E-state index contributed by atoms with van der Waals surface area (Å²) in [7, 11) is 0. The molecule has 0 aliphatic rings. The molecule has 0 aromatic carbocycles. The van der Waals surface area contributed by atoms with Crippen molar-refractivity contribution < 1.29 is 13.2 Å². The Hall–Kier alpha value is 0.520. The van der Waals surface area contributed by atoms with Crippen LogP contribution < -0.4 is 0 Å². The van der Waals surface area contributed by atoms with E-state index in [-0.39, 0.29) is 0 Å². The number of rotatable bonds is 1. The van der Waals surface area contributed by atoms with Gasteiger partial charge in [0, 0.05) is 3.42 Å². The molecule has 0 rings (SSSR count). The Kier molecular flexibility index (Phi) is 3.66. The largest absolute Gasteiger partial charge is 0.395 e. The lowest BCUT2D eigenvalue weighted by Crippen LogP contribution is -2.54. The molecule has 0 aromatic heterocycles. The molecule has 1 unspecified atom stereocenters. The molecule has 0 aromatic rings. The van der Waals surface area contributed by atoms with Gasteiger partial charge >= 0.3 is 6.18 Å². The summed E-state index contributed by atoms with van der Waals surface area (Å²) in [5.41, 5.74) is -2.09. The van der Waals surface area contributed by atoms with Crippen LogP contribution in [-0.2, 0) is 0 Å². The van der Waals surface area contributed by atoms with E-state index in [2.05, 4.69) is 0 Å². The van der Waals surface area contributed by atoms with E-state index in [9.17, 15) is 13.2 Å². The van der Waals surface area contributed by atoms with Gasteiger partial charge in [-0.2, -0.15) is 13.2 Å². The van der Waals surface area contributed by atoms with Crippen molar-refractivity contribution in [3.63, 3.8) is 0 Å². The Bertz CT molecular complexity index is 184. The molecule has 4 heteroatoms. The zero-order valence-electron chi connectivity index (χ0n) is 9.51. The second kappa shape index (κ2) is 3.52. The van der Waals surface area contributed by atoms with Crippen LogP contribution in [-0.4, -0.2) is 9.60 Å². The summed E-state index contributed by atoms with van der Waals surface area (Å²) in [5.74, 6) is 0. The van der Waals surface area contributed by atoms with Gasteiger partial charge in [0.2, 0.25) is 0 Å².